The number of hydrogen-bond acceptors (Lipinski definition) is 3. The Hall–Kier alpha value is -1.06. The predicted molar refractivity (Wildman–Crippen MR) is 70.4 cm³/mol. The Kier molecular flexibility index (Phi) is 5.45. The minimum atomic E-state index is 0.131. The minimum Gasteiger partial charge on any atom is -0.493 e. The van der Waals surface area contributed by atoms with Crippen molar-refractivity contribution in [1.29, 1.82) is 0 Å². The smallest absolute Gasteiger partial charge is 0.119 e. The molecule has 96 valence electrons. The molecule has 3 heteroatoms. The van der Waals surface area contributed by atoms with Crippen LogP contribution < -0.4 is 10.1 Å². The second kappa shape index (κ2) is 6.62. The third-order valence-corrected chi connectivity index (χ3v) is 2.49. The first kappa shape index (κ1) is 14.0. The summed E-state index contributed by atoms with van der Waals surface area (Å²) in [5.74, 6) is 0.906. The SMILES string of the molecule is CNCC(C)(C)COc1cccc(COC)c1. The van der Waals surface area contributed by atoms with Gasteiger partial charge in [0, 0.05) is 19.1 Å². The van der Waals surface area contributed by atoms with Gasteiger partial charge in [-0.2, -0.15) is 0 Å². The van der Waals surface area contributed by atoms with Crippen LogP contribution in [0.25, 0.3) is 0 Å². The molecule has 1 aromatic rings. The summed E-state index contributed by atoms with van der Waals surface area (Å²) in [6.45, 7) is 6.62. The molecule has 0 saturated carbocycles. The minimum absolute atomic E-state index is 0.131. The highest BCUT2D eigenvalue weighted by atomic mass is 16.5. The number of nitrogens with one attached hydrogen (secondary N) is 1. The Morgan fingerprint density at radius 1 is 1.29 bits per heavy atom. The lowest BCUT2D eigenvalue weighted by atomic mass is 9.95. The van der Waals surface area contributed by atoms with Crippen LogP contribution in [-0.2, 0) is 11.3 Å². The van der Waals surface area contributed by atoms with Crippen LogP contribution in [0.2, 0.25) is 0 Å². The van der Waals surface area contributed by atoms with Crippen LogP contribution in [0.15, 0.2) is 24.3 Å². The van der Waals surface area contributed by atoms with Gasteiger partial charge < -0.3 is 14.8 Å². The number of ether oxygens (including phenoxy) is 2. The molecule has 0 fully saturated rings. The highest BCUT2D eigenvalue weighted by Crippen LogP contribution is 2.19. The normalized spacial score (nSPS) is 11.5. The second-order valence-corrected chi connectivity index (χ2v) is 5.06. The van der Waals surface area contributed by atoms with Gasteiger partial charge in [-0.1, -0.05) is 26.0 Å². The Morgan fingerprint density at radius 2 is 2.06 bits per heavy atom. The van der Waals surface area contributed by atoms with Gasteiger partial charge >= 0.3 is 0 Å². The standard InChI is InChI=1S/C14H23NO2/c1-14(2,10-15-3)11-17-13-7-5-6-12(8-13)9-16-4/h5-8,15H,9-11H2,1-4H3. The van der Waals surface area contributed by atoms with Crippen molar-refractivity contribution in [2.45, 2.75) is 20.5 Å². The van der Waals surface area contributed by atoms with E-state index in [2.05, 4.69) is 19.2 Å². The molecular formula is C14H23NO2. The summed E-state index contributed by atoms with van der Waals surface area (Å²) in [6, 6.07) is 8.04. The Balaban J connectivity index is 2.53. The van der Waals surface area contributed by atoms with E-state index < -0.39 is 0 Å². The number of benzene rings is 1. The van der Waals surface area contributed by atoms with Crippen molar-refractivity contribution in [2.75, 3.05) is 27.3 Å². The molecule has 1 aromatic carbocycles. The van der Waals surface area contributed by atoms with E-state index in [1.54, 1.807) is 7.11 Å². The molecule has 0 heterocycles. The van der Waals surface area contributed by atoms with Gasteiger partial charge in [0.25, 0.3) is 0 Å². The van der Waals surface area contributed by atoms with E-state index in [9.17, 15) is 0 Å². The van der Waals surface area contributed by atoms with Crippen molar-refractivity contribution >= 4 is 0 Å². The molecule has 0 spiro atoms. The van der Waals surface area contributed by atoms with Crippen molar-refractivity contribution < 1.29 is 9.47 Å². The topological polar surface area (TPSA) is 30.5 Å². The van der Waals surface area contributed by atoms with Gasteiger partial charge in [0.2, 0.25) is 0 Å². The third-order valence-electron chi connectivity index (χ3n) is 2.49. The monoisotopic (exact) mass is 237 g/mol. The largest absolute Gasteiger partial charge is 0.493 e. The van der Waals surface area contributed by atoms with Gasteiger partial charge in [-0.3, -0.25) is 0 Å². The van der Waals surface area contributed by atoms with Gasteiger partial charge in [-0.05, 0) is 24.7 Å². The van der Waals surface area contributed by atoms with Crippen LogP contribution in [0.1, 0.15) is 19.4 Å². The van der Waals surface area contributed by atoms with Gasteiger partial charge in [0.15, 0.2) is 0 Å². The zero-order valence-corrected chi connectivity index (χ0v) is 11.2. The first-order valence-corrected chi connectivity index (χ1v) is 5.93. The van der Waals surface area contributed by atoms with Crippen molar-refractivity contribution in [3.63, 3.8) is 0 Å². The van der Waals surface area contributed by atoms with E-state index in [0.717, 1.165) is 17.9 Å². The quantitative estimate of drug-likeness (QED) is 0.790. The lowest BCUT2D eigenvalue weighted by Gasteiger charge is -2.24. The molecule has 0 saturated heterocycles. The molecule has 17 heavy (non-hydrogen) atoms. The number of rotatable bonds is 7. The van der Waals surface area contributed by atoms with Gasteiger partial charge in [-0.15, -0.1) is 0 Å². The zero-order valence-electron chi connectivity index (χ0n) is 11.2. The maximum absolute atomic E-state index is 5.81. The van der Waals surface area contributed by atoms with Crippen LogP contribution in [0.5, 0.6) is 5.75 Å². The lowest BCUT2D eigenvalue weighted by Crippen LogP contribution is -2.32. The molecule has 0 aliphatic rings. The predicted octanol–water partition coefficient (Wildman–Crippen LogP) is 2.46. The van der Waals surface area contributed by atoms with Crippen molar-refractivity contribution in [2.24, 2.45) is 5.41 Å². The van der Waals surface area contributed by atoms with Gasteiger partial charge in [0.05, 0.1) is 13.2 Å². The average Bonchev–Trinajstić information content (AvgIpc) is 2.28. The van der Waals surface area contributed by atoms with E-state index in [4.69, 9.17) is 9.47 Å². The van der Waals surface area contributed by atoms with Crippen molar-refractivity contribution in [3.05, 3.63) is 29.8 Å². The number of methoxy groups -OCH3 is 1. The summed E-state index contributed by atoms with van der Waals surface area (Å²) in [6.07, 6.45) is 0. The van der Waals surface area contributed by atoms with Crippen LogP contribution in [0, 0.1) is 5.41 Å². The Labute approximate surface area is 104 Å². The van der Waals surface area contributed by atoms with Crippen LogP contribution in [0.3, 0.4) is 0 Å². The van der Waals surface area contributed by atoms with E-state index in [1.807, 2.05) is 31.3 Å². The van der Waals surface area contributed by atoms with E-state index >= 15 is 0 Å². The molecule has 0 amide bonds. The fraction of sp³-hybridized carbons (Fsp3) is 0.571. The summed E-state index contributed by atoms with van der Waals surface area (Å²) < 4.78 is 10.9. The number of hydrogen-bond donors (Lipinski definition) is 1. The van der Waals surface area contributed by atoms with E-state index in [-0.39, 0.29) is 5.41 Å². The molecule has 1 rings (SSSR count). The van der Waals surface area contributed by atoms with Crippen LogP contribution in [0.4, 0.5) is 0 Å². The van der Waals surface area contributed by atoms with Crippen molar-refractivity contribution in [3.8, 4) is 5.75 Å². The first-order chi connectivity index (χ1) is 8.07. The lowest BCUT2D eigenvalue weighted by molar-refractivity contribution is 0.175. The fourth-order valence-corrected chi connectivity index (χ4v) is 1.70. The molecule has 0 atom stereocenters. The van der Waals surface area contributed by atoms with Crippen LogP contribution >= 0.6 is 0 Å². The molecule has 0 bridgehead atoms. The van der Waals surface area contributed by atoms with Crippen LogP contribution in [-0.4, -0.2) is 27.3 Å². The molecule has 0 radical (unpaired) electrons. The summed E-state index contributed by atoms with van der Waals surface area (Å²) in [7, 11) is 3.66. The molecule has 0 aliphatic heterocycles. The zero-order chi connectivity index (χ0) is 12.7. The molecular weight excluding hydrogens is 214 g/mol. The second-order valence-electron chi connectivity index (χ2n) is 5.06. The fourth-order valence-electron chi connectivity index (χ4n) is 1.70. The molecule has 0 unspecified atom stereocenters. The summed E-state index contributed by atoms with van der Waals surface area (Å²) in [5, 5.41) is 3.18. The summed E-state index contributed by atoms with van der Waals surface area (Å²) >= 11 is 0. The molecule has 1 N–H and O–H groups in total. The molecule has 3 nitrogen and oxygen atoms in total. The summed E-state index contributed by atoms with van der Waals surface area (Å²) in [5.41, 5.74) is 1.27. The third kappa shape index (κ3) is 5.20. The maximum Gasteiger partial charge on any atom is 0.119 e. The van der Waals surface area contributed by atoms with Gasteiger partial charge in [0.1, 0.15) is 5.75 Å². The summed E-state index contributed by atoms with van der Waals surface area (Å²) in [4.78, 5) is 0. The maximum atomic E-state index is 5.81. The van der Waals surface area contributed by atoms with Crippen molar-refractivity contribution in [1.82, 2.24) is 5.32 Å². The van der Waals surface area contributed by atoms with E-state index in [0.29, 0.717) is 13.2 Å². The highest BCUT2D eigenvalue weighted by molar-refractivity contribution is 5.28. The first-order valence-electron chi connectivity index (χ1n) is 5.93. The Morgan fingerprint density at radius 3 is 2.71 bits per heavy atom. The molecule has 0 aliphatic carbocycles. The average molecular weight is 237 g/mol. The Bertz CT molecular complexity index is 337. The highest BCUT2D eigenvalue weighted by Gasteiger charge is 2.17. The molecule has 0 aromatic heterocycles. The van der Waals surface area contributed by atoms with Gasteiger partial charge in [-0.25, -0.2) is 0 Å². The van der Waals surface area contributed by atoms with E-state index in [1.165, 1.54) is 0 Å².